The second kappa shape index (κ2) is 10.8. The lowest BCUT2D eigenvalue weighted by Crippen LogP contribution is -2.41. The average Bonchev–Trinajstić information content (AvgIpc) is 3.17. The fourth-order valence-corrected chi connectivity index (χ4v) is 3.70. The number of rotatable bonds is 7. The van der Waals surface area contributed by atoms with E-state index in [1.54, 1.807) is 97.9 Å². The molecule has 0 radical (unpaired) electrons. The first-order chi connectivity index (χ1) is 16.5. The lowest BCUT2D eigenvalue weighted by molar-refractivity contribution is -0.0442. The minimum atomic E-state index is -0.973. The van der Waals surface area contributed by atoms with Crippen LogP contribution >= 0.6 is 0 Å². The van der Waals surface area contributed by atoms with E-state index in [2.05, 4.69) is 0 Å². The molecule has 1 fully saturated rings. The zero-order chi connectivity index (χ0) is 23.9. The third-order valence-corrected chi connectivity index (χ3v) is 5.44. The average molecular weight is 460 g/mol. The molecule has 1 aliphatic heterocycles. The minimum Gasteiger partial charge on any atom is -0.459 e. The van der Waals surface area contributed by atoms with Crippen LogP contribution in [0.15, 0.2) is 91.0 Å². The van der Waals surface area contributed by atoms with Crippen LogP contribution in [-0.4, -0.2) is 48.9 Å². The van der Waals surface area contributed by atoms with Gasteiger partial charge in [0.05, 0.1) is 22.8 Å². The molecular formula is C27H24O7. The van der Waals surface area contributed by atoms with E-state index in [-0.39, 0.29) is 6.61 Å². The van der Waals surface area contributed by atoms with Crippen molar-refractivity contribution in [2.45, 2.75) is 31.3 Å². The first-order valence-electron chi connectivity index (χ1n) is 10.9. The quantitative estimate of drug-likeness (QED) is 0.388. The molecule has 0 amide bonds. The molecule has 7 heteroatoms. The Labute approximate surface area is 197 Å². The first kappa shape index (κ1) is 23.2. The molecule has 1 heterocycles. The number of hydrogen-bond acceptors (Lipinski definition) is 7. The molecule has 4 rings (SSSR count). The normalized spacial score (nSPS) is 21.4. The van der Waals surface area contributed by atoms with Crippen LogP contribution in [0.2, 0.25) is 0 Å². The van der Waals surface area contributed by atoms with Gasteiger partial charge in [0.2, 0.25) is 0 Å². The number of carbonyl (C=O) groups is 3. The molecule has 0 N–H and O–H groups in total. The lowest BCUT2D eigenvalue weighted by atomic mass is 10.1. The van der Waals surface area contributed by atoms with Crippen molar-refractivity contribution < 1.29 is 33.3 Å². The van der Waals surface area contributed by atoms with Gasteiger partial charge in [-0.2, -0.15) is 0 Å². The molecular weight excluding hydrogens is 436 g/mol. The fraction of sp³-hybridized carbons (Fsp3) is 0.222. The van der Waals surface area contributed by atoms with E-state index in [1.807, 2.05) is 0 Å². The van der Waals surface area contributed by atoms with Gasteiger partial charge < -0.3 is 18.9 Å². The van der Waals surface area contributed by atoms with Gasteiger partial charge in [-0.25, -0.2) is 14.4 Å². The molecule has 3 aromatic carbocycles. The highest BCUT2D eigenvalue weighted by atomic mass is 16.6. The second-order valence-corrected chi connectivity index (χ2v) is 7.82. The zero-order valence-electron chi connectivity index (χ0n) is 18.5. The van der Waals surface area contributed by atoms with E-state index in [9.17, 15) is 14.4 Å². The maximum absolute atomic E-state index is 12.8. The molecule has 1 saturated heterocycles. The van der Waals surface area contributed by atoms with E-state index in [0.717, 1.165) is 0 Å². The molecule has 0 saturated carbocycles. The Morgan fingerprint density at radius 2 is 1.06 bits per heavy atom. The maximum Gasteiger partial charge on any atom is 0.338 e. The highest BCUT2D eigenvalue weighted by Gasteiger charge is 2.48. The van der Waals surface area contributed by atoms with Crippen molar-refractivity contribution in [3.8, 4) is 0 Å². The van der Waals surface area contributed by atoms with Crippen LogP contribution in [-0.2, 0) is 18.9 Å². The van der Waals surface area contributed by atoms with Crippen LogP contribution in [0.25, 0.3) is 0 Å². The van der Waals surface area contributed by atoms with Crippen LogP contribution < -0.4 is 0 Å². The summed E-state index contributed by atoms with van der Waals surface area (Å²) >= 11 is 0. The highest BCUT2D eigenvalue weighted by molar-refractivity contribution is 5.91. The molecule has 1 aliphatic rings. The van der Waals surface area contributed by atoms with Gasteiger partial charge in [0.1, 0.15) is 12.7 Å². The van der Waals surface area contributed by atoms with E-state index in [4.69, 9.17) is 18.9 Å². The predicted octanol–water partition coefficient (Wildman–Crippen LogP) is 4.08. The summed E-state index contributed by atoms with van der Waals surface area (Å²) in [6.45, 7) is 1.54. The van der Waals surface area contributed by atoms with Crippen LogP contribution in [0.3, 0.4) is 0 Å². The van der Waals surface area contributed by atoms with Crippen molar-refractivity contribution in [2.24, 2.45) is 0 Å². The molecule has 1 unspecified atom stereocenters. The van der Waals surface area contributed by atoms with Crippen molar-refractivity contribution in [3.05, 3.63) is 108 Å². The number of hydrogen-bond donors (Lipinski definition) is 0. The zero-order valence-corrected chi connectivity index (χ0v) is 18.5. The summed E-state index contributed by atoms with van der Waals surface area (Å²) in [5.74, 6) is -1.69. The Balaban J connectivity index is 1.51. The molecule has 4 atom stereocenters. The van der Waals surface area contributed by atoms with Gasteiger partial charge in [0.15, 0.2) is 12.2 Å². The Kier molecular flexibility index (Phi) is 7.34. The van der Waals surface area contributed by atoms with Gasteiger partial charge in [0, 0.05) is 0 Å². The summed E-state index contributed by atoms with van der Waals surface area (Å²) in [6, 6.07) is 25.5. The first-order valence-corrected chi connectivity index (χ1v) is 10.9. The molecule has 0 aliphatic carbocycles. The monoisotopic (exact) mass is 460 g/mol. The Morgan fingerprint density at radius 3 is 1.53 bits per heavy atom. The molecule has 3 aromatic rings. The van der Waals surface area contributed by atoms with Crippen LogP contribution in [0.1, 0.15) is 38.0 Å². The predicted molar refractivity (Wildman–Crippen MR) is 122 cm³/mol. The van der Waals surface area contributed by atoms with E-state index < -0.39 is 42.3 Å². The number of esters is 3. The van der Waals surface area contributed by atoms with Crippen molar-refractivity contribution >= 4 is 17.9 Å². The summed E-state index contributed by atoms with van der Waals surface area (Å²) in [6.07, 6.45) is -3.27. The maximum atomic E-state index is 12.8. The third kappa shape index (κ3) is 5.50. The van der Waals surface area contributed by atoms with Gasteiger partial charge in [-0.3, -0.25) is 0 Å². The molecule has 0 spiro atoms. The fourth-order valence-electron chi connectivity index (χ4n) is 3.70. The standard InChI is InChI=1S/C27H24O7/c1-18-23(33-26(29)20-13-7-3-8-14-20)24(34-27(30)21-15-9-4-10-16-21)22(32-18)17-31-25(28)19-11-5-2-6-12-19/h2-16,18,22-24H,17H2,1H3/t18?,22-,23-,24-/m0/s1. The minimum absolute atomic E-state index is 0.176. The van der Waals surface area contributed by atoms with Crippen molar-refractivity contribution in [1.29, 1.82) is 0 Å². The Bertz CT molecular complexity index is 1120. The Hall–Kier alpha value is -3.97. The smallest absolute Gasteiger partial charge is 0.338 e. The topological polar surface area (TPSA) is 88.1 Å². The van der Waals surface area contributed by atoms with Crippen LogP contribution in [0.4, 0.5) is 0 Å². The van der Waals surface area contributed by atoms with Crippen molar-refractivity contribution in [2.75, 3.05) is 6.61 Å². The van der Waals surface area contributed by atoms with Gasteiger partial charge in [0.25, 0.3) is 0 Å². The molecule has 34 heavy (non-hydrogen) atoms. The van der Waals surface area contributed by atoms with Gasteiger partial charge >= 0.3 is 17.9 Å². The van der Waals surface area contributed by atoms with Gasteiger partial charge in [-0.1, -0.05) is 54.6 Å². The van der Waals surface area contributed by atoms with E-state index in [1.165, 1.54) is 0 Å². The molecule has 0 bridgehead atoms. The summed E-state index contributed by atoms with van der Waals surface area (Å²) in [7, 11) is 0. The Morgan fingerprint density at radius 1 is 0.647 bits per heavy atom. The largest absolute Gasteiger partial charge is 0.459 e. The second-order valence-electron chi connectivity index (χ2n) is 7.82. The summed E-state index contributed by atoms with van der Waals surface area (Å²) in [5, 5.41) is 0. The summed E-state index contributed by atoms with van der Waals surface area (Å²) in [4.78, 5) is 37.9. The molecule has 0 aromatic heterocycles. The van der Waals surface area contributed by atoms with E-state index in [0.29, 0.717) is 16.7 Å². The number of benzene rings is 3. The SMILES string of the molecule is CC1O[C@@H](COC(=O)c2ccccc2)[C@H](OC(=O)c2ccccc2)[C@H]1OC(=O)c1ccccc1. The molecule has 174 valence electrons. The van der Waals surface area contributed by atoms with Crippen molar-refractivity contribution in [3.63, 3.8) is 0 Å². The highest BCUT2D eigenvalue weighted by Crippen LogP contribution is 2.29. The number of carbonyl (C=O) groups excluding carboxylic acids is 3. The van der Waals surface area contributed by atoms with Gasteiger partial charge in [-0.15, -0.1) is 0 Å². The summed E-state index contributed by atoms with van der Waals surface area (Å²) in [5.41, 5.74) is 1.09. The van der Waals surface area contributed by atoms with Crippen molar-refractivity contribution in [1.82, 2.24) is 0 Å². The van der Waals surface area contributed by atoms with Crippen LogP contribution in [0.5, 0.6) is 0 Å². The molecule has 7 nitrogen and oxygen atoms in total. The third-order valence-electron chi connectivity index (χ3n) is 5.44. The van der Waals surface area contributed by atoms with Crippen LogP contribution in [0, 0.1) is 0 Å². The summed E-state index contributed by atoms with van der Waals surface area (Å²) < 4.78 is 22.8. The van der Waals surface area contributed by atoms with E-state index >= 15 is 0 Å². The van der Waals surface area contributed by atoms with Gasteiger partial charge in [-0.05, 0) is 43.3 Å². The lowest BCUT2D eigenvalue weighted by Gasteiger charge is -2.24. The number of ether oxygens (including phenoxy) is 4.